The molecule has 0 spiro atoms. The molecule has 0 fully saturated rings. The van der Waals surface area contributed by atoms with Gasteiger partial charge in [-0.25, -0.2) is 15.0 Å². The summed E-state index contributed by atoms with van der Waals surface area (Å²) in [5.74, 6) is 2.30. The molecular weight excluding hydrogens is 799 g/mol. The first-order valence-corrected chi connectivity index (χ1v) is 22.5. The maximum Gasteiger partial charge on any atom is 0.182 e. The zero-order valence-electron chi connectivity index (χ0n) is 34.4. The highest BCUT2D eigenvalue weighted by molar-refractivity contribution is 7.25. The van der Waals surface area contributed by atoms with Crippen LogP contribution in [0.1, 0.15) is 17.0 Å². The fourth-order valence-electron chi connectivity index (χ4n) is 10.4. The third-order valence-corrected chi connectivity index (χ3v) is 14.4. The smallest absolute Gasteiger partial charge is 0.182 e. The third kappa shape index (κ3) is 5.27. The van der Waals surface area contributed by atoms with E-state index in [1.165, 1.54) is 63.6 Å². The number of hydrogen-bond donors (Lipinski definition) is 0. The molecule has 0 saturated carbocycles. The van der Waals surface area contributed by atoms with Gasteiger partial charge in [-0.2, -0.15) is 0 Å². The number of benzene rings is 10. The number of aromatic nitrogens is 3. The van der Waals surface area contributed by atoms with Crippen LogP contribution in [0.5, 0.6) is 0 Å². The molecule has 0 amide bonds. The van der Waals surface area contributed by atoms with Crippen LogP contribution in [-0.4, -0.2) is 26.4 Å². The molecule has 6 heteroatoms. The molecule has 0 radical (unpaired) electrons. The molecule has 14 rings (SSSR count). The van der Waals surface area contributed by atoms with Crippen molar-refractivity contribution in [1.82, 2.24) is 19.9 Å². The van der Waals surface area contributed by atoms with Crippen LogP contribution in [0.2, 0.25) is 0 Å². The van der Waals surface area contributed by atoms with Crippen LogP contribution in [0.15, 0.2) is 206 Å². The second-order valence-electron chi connectivity index (χ2n) is 16.8. The van der Waals surface area contributed by atoms with Crippen LogP contribution in [0, 0.1) is 0 Å². The monoisotopic (exact) mass is 833 g/mol. The van der Waals surface area contributed by atoms with E-state index in [1.54, 1.807) is 6.33 Å². The second-order valence-corrected chi connectivity index (χ2v) is 17.9. The van der Waals surface area contributed by atoms with Crippen molar-refractivity contribution >= 4 is 108 Å². The van der Waals surface area contributed by atoms with Gasteiger partial charge in [0.2, 0.25) is 0 Å². The van der Waals surface area contributed by atoms with Crippen LogP contribution < -0.4 is 4.90 Å². The lowest BCUT2D eigenvalue weighted by molar-refractivity contribution is 0.548. The molecule has 0 atom stereocenters. The first kappa shape index (κ1) is 35.4. The van der Waals surface area contributed by atoms with Gasteiger partial charge in [0, 0.05) is 43.5 Å². The Balaban J connectivity index is 0.976. The molecule has 12 aromatic rings. The lowest BCUT2D eigenvalue weighted by Gasteiger charge is -2.30. The van der Waals surface area contributed by atoms with Gasteiger partial charge in [0.15, 0.2) is 11.6 Å². The maximum atomic E-state index is 5.52. The molecule has 5 nitrogen and oxygen atoms in total. The molecule has 0 aliphatic carbocycles. The minimum Gasteiger partial charge on any atom is -0.321 e. The number of allylic oxidation sites excluding steroid dienone is 2. The van der Waals surface area contributed by atoms with E-state index in [1.807, 2.05) is 11.3 Å². The van der Waals surface area contributed by atoms with Crippen molar-refractivity contribution in [3.63, 3.8) is 0 Å². The van der Waals surface area contributed by atoms with E-state index in [9.17, 15) is 0 Å². The molecule has 0 N–H and O–H groups in total. The molecule has 0 bridgehead atoms. The zero-order chi connectivity index (χ0) is 41.9. The molecule has 0 saturated heterocycles. The summed E-state index contributed by atoms with van der Waals surface area (Å²) in [5, 5.41) is 14.8. The number of anilines is 1. The van der Waals surface area contributed by atoms with E-state index < -0.39 is 0 Å². The van der Waals surface area contributed by atoms with E-state index >= 15 is 0 Å². The quantitative estimate of drug-likeness (QED) is 0.128. The number of hydrogen-bond acceptors (Lipinski definition) is 6. The van der Waals surface area contributed by atoms with Gasteiger partial charge in [0.1, 0.15) is 17.8 Å². The Bertz CT molecular complexity index is 3930. The standard InChI is InChI=1S/C58H35N5S/c1-3-12-37(13-4-1)55-56(58-60-34-59-57(61-58)54-45-19-8-7-14-39(45)28-43-31-48-46-20-9-10-21-49(46)64-50(48)33-47(43)54)63(44-17-5-2-6-18-44)51-32-38(26-27-62(51)55)42-29-40-24-22-35-15-11-16-36-23-25-41(30-42)53(40)52(35)36/h1-26,28-34H,27H2. The Labute approximate surface area is 372 Å². The molecule has 4 heterocycles. The highest BCUT2D eigenvalue weighted by Gasteiger charge is 2.39. The molecule has 10 aromatic carbocycles. The number of rotatable bonds is 5. The zero-order valence-corrected chi connectivity index (χ0v) is 35.2. The van der Waals surface area contributed by atoms with Crippen molar-refractivity contribution in [1.29, 1.82) is 0 Å². The Kier molecular flexibility index (Phi) is 7.55. The van der Waals surface area contributed by atoms with Crippen molar-refractivity contribution in [2.24, 2.45) is 0 Å². The lowest BCUT2D eigenvalue weighted by Crippen LogP contribution is -2.27. The number of nitrogens with zero attached hydrogens (tertiary/aromatic N) is 5. The molecule has 2 aliphatic rings. The summed E-state index contributed by atoms with van der Waals surface area (Å²) in [5.41, 5.74) is 7.46. The van der Waals surface area contributed by atoms with Crippen LogP contribution in [-0.2, 0) is 0 Å². The van der Waals surface area contributed by atoms with Crippen molar-refractivity contribution < 1.29 is 0 Å². The van der Waals surface area contributed by atoms with Crippen LogP contribution in [0.3, 0.4) is 0 Å². The number of para-hydroxylation sites is 1. The molecule has 2 aliphatic heterocycles. The SMILES string of the molecule is C1=C(c2cc3ccc4cccc5ccc(c2)c3c45)C=C2N(C1)C(c1ccccc1)=C(c1ncnc(-c3c4ccccc4cc4cc5c(cc34)sc3ccccc35)n1)N2c1ccccc1. The fourth-order valence-corrected chi connectivity index (χ4v) is 11.5. The maximum absolute atomic E-state index is 5.52. The largest absolute Gasteiger partial charge is 0.321 e. The summed E-state index contributed by atoms with van der Waals surface area (Å²) in [6, 6.07) is 66.0. The summed E-state index contributed by atoms with van der Waals surface area (Å²) in [6.45, 7) is 0.667. The highest BCUT2D eigenvalue weighted by atomic mass is 32.1. The van der Waals surface area contributed by atoms with Crippen LogP contribution >= 0.6 is 11.3 Å². The van der Waals surface area contributed by atoms with Crippen molar-refractivity contribution in [3.8, 4) is 11.4 Å². The van der Waals surface area contributed by atoms with Gasteiger partial charge in [0.25, 0.3) is 0 Å². The van der Waals surface area contributed by atoms with E-state index in [4.69, 9.17) is 15.0 Å². The molecule has 64 heavy (non-hydrogen) atoms. The first-order chi connectivity index (χ1) is 31.7. The molecule has 0 unspecified atom stereocenters. The van der Waals surface area contributed by atoms with Crippen molar-refractivity contribution in [2.45, 2.75) is 0 Å². The van der Waals surface area contributed by atoms with Gasteiger partial charge in [0.05, 0.1) is 5.70 Å². The number of thiophene rings is 1. The topological polar surface area (TPSA) is 45.2 Å². The summed E-state index contributed by atoms with van der Waals surface area (Å²) >= 11 is 1.83. The minimum atomic E-state index is 0.608. The van der Waals surface area contributed by atoms with E-state index in [2.05, 4.69) is 204 Å². The molecule has 2 aromatic heterocycles. The Morgan fingerprint density at radius 3 is 1.94 bits per heavy atom. The lowest BCUT2D eigenvalue weighted by atomic mass is 9.91. The average molecular weight is 834 g/mol. The van der Waals surface area contributed by atoms with E-state index in [-0.39, 0.29) is 0 Å². The highest BCUT2D eigenvalue weighted by Crippen LogP contribution is 2.49. The predicted octanol–water partition coefficient (Wildman–Crippen LogP) is 14.7. The van der Waals surface area contributed by atoms with Crippen molar-refractivity contribution in [3.05, 3.63) is 223 Å². The normalized spacial score (nSPS) is 14.2. The number of fused-ring (bicyclic) bond motifs is 6. The third-order valence-electron chi connectivity index (χ3n) is 13.2. The summed E-state index contributed by atoms with van der Waals surface area (Å²) < 4.78 is 2.53. The summed E-state index contributed by atoms with van der Waals surface area (Å²) in [7, 11) is 0. The van der Waals surface area contributed by atoms with Gasteiger partial charge in [-0.1, -0.05) is 140 Å². The van der Waals surface area contributed by atoms with Gasteiger partial charge >= 0.3 is 0 Å². The van der Waals surface area contributed by atoms with E-state index in [0.29, 0.717) is 18.2 Å². The second kappa shape index (κ2) is 13.7. The molecular formula is C58H35N5S. The fraction of sp³-hybridized carbons (Fsp3) is 0.0172. The first-order valence-electron chi connectivity index (χ1n) is 21.7. The van der Waals surface area contributed by atoms with Crippen molar-refractivity contribution in [2.75, 3.05) is 11.4 Å². The van der Waals surface area contributed by atoms with E-state index in [0.717, 1.165) is 55.6 Å². The van der Waals surface area contributed by atoms with Crippen LogP contribution in [0.25, 0.3) is 102 Å². The van der Waals surface area contributed by atoms with Gasteiger partial charge in [-0.3, -0.25) is 4.90 Å². The van der Waals surface area contributed by atoms with Gasteiger partial charge in [-0.05, 0) is 120 Å². The summed E-state index contributed by atoms with van der Waals surface area (Å²) in [6.07, 6.45) is 6.40. The minimum absolute atomic E-state index is 0.608. The average Bonchev–Trinajstić information content (AvgIpc) is 3.90. The van der Waals surface area contributed by atoms with Crippen LogP contribution in [0.4, 0.5) is 5.69 Å². The predicted molar refractivity (Wildman–Crippen MR) is 268 cm³/mol. The van der Waals surface area contributed by atoms with Gasteiger partial charge in [-0.15, -0.1) is 11.3 Å². The Morgan fingerprint density at radius 1 is 0.453 bits per heavy atom. The Hall–Kier alpha value is -8.19. The van der Waals surface area contributed by atoms with Gasteiger partial charge < -0.3 is 4.90 Å². The Morgan fingerprint density at radius 2 is 1.12 bits per heavy atom. The summed E-state index contributed by atoms with van der Waals surface area (Å²) in [4.78, 5) is 20.4. The molecule has 298 valence electrons.